The molecule has 1 rings (SSSR count). The van der Waals surface area contributed by atoms with Gasteiger partial charge in [0.2, 0.25) is 0 Å². The Balaban J connectivity index is 2.52. The van der Waals surface area contributed by atoms with Crippen LogP contribution in [0.4, 0.5) is 19.3 Å². The van der Waals surface area contributed by atoms with Gasteiger partial charge in [-0.15, -0.1) is 0 Å². The maximum absolute atomic E-state index is 13.6. The van der Waals surface area contributed by atoms with Gasteiger partial charge in [-0.05, 0) is 32.9 Å². The van der Waals surface area contributed by atoms with E-state index in [9.17, 15) is 18.4 Å². The summed E-state index contributed by atoms with van der Waals surface area (Å²) >= 11 is 0. The number of alkyl carbamates (subject to hydrolysis) is 1. The van der Waals surface area contributed by atoms with Gasteiger partial charge in [0, 0.05) is 13.1 Å². The number of aromatic carboxylic acids is 1. The molecule has 0 saturated carbocycles. The minimum Gasteiger partial charge on any atom is -0.478 e. The van der Waals surface area contributed by atoms with Crippen LogP contribution in [-0.2, 0) is 4.74 Å². The quantitative estimate of drug-likeness (QED) is 0.727. The fourth-order valence-electron chi connectivity index (χ4n) is 1.53. The molecule has 122 valence electrons. The highest BCUT2D eigenvalue weighted by Gasteiger charge is 2.16. The summed E-state index contributed by atoms with van der Waals surface area (Å²) in [4.78, 5) is 22.0. The lowest BCUT2D eigenvalue weighted by Gasteiger charge is -2.19. The Morgan fingerprint density at radius 1 is 1.18 bits per heavy atom. The van der Waals surface area contributed by atoms with Crippen LogP contribution in [0.25, 0.3) is 0 Å². The first kappa shape index (κ1) is 17.7. The van der Waals surface area contributed by atoms with Gasteiger partial charge in [0.05, 0.1) is 5.56 Å². The Hall–Kier alpha value is -2.38. The van der Waals surface area contributed by atoms with Crippen molar-refractivity contribution in [3.63, 3.8) is 0 Å². The molecule has 6 nitrogen and oxygen atoms in total. The molecular weight excluding hydrogens is 298 g/mol. The third kappa shape index (κ3) is 5.55. The van der Waals surface area contributed by atoms with E-state index in [-0.39, 0.29) is 13.1 Å². The molecule has 0 atom stereocenters. The summed E-state index contributed by atoms with van der Waals surface area (Å²) in [5, 5.41) is 13.5. The number of carboxylic acids is 1. The van der Waals surface area contributed by atoms with Crippen LogP contribution < -0.4 is 10.6 Å². The topological polar surface area (TPSA) is 87.7 Å². The molecule has 3 N–H and O–H groups in total. The van der Waals surface area contributed by atoms with E-state index in [1.165, 1.54) is 0 Å². The summed E-state index contributed by atoms with van der Waals surface area (Å²) in [5.74, 6) is -3.46. The zero-order valence-corrected chi connectivity index (χ0v) is 12.5. The molecule has 1 aromatic rings. The standard InChI is InChI=1S/C14H18F2N2O4/c1-14(2,3)22-13(21)18-5-4-17-11-9(15)6-8(12(19)20)7-10(11)16/h6-7,17H,4-5H2,1-3H3,(H,18,21)(H,19,20). The number of anilines is 1. The maximum Gasteiger partial charge on any atom is 0.407 e. The van der Waals surface area contributed by atoms with Gasteiger partial charge in [-0.25, -0.2) is 18.4 Å². The van der Waals surface area contributed by atoms with Crippen LogP contribution in [0, 0.1) is 11.6 Å². The summed E-state index contributed by atoms with van der Waals surface area (Å²) < 4.78 is 32.2. The van der Waals surface area contributed by atoms with Crippen LogP contribution >= 0.6 is 0 Å². The molecule has 0 spiro atoms. The minimum absolute atomic E-state index is 0.0412. The molecule has 0 aromatic heterocycles. The molecule has 0 aliphatic heterocycles. The number of nitrogens with one attached hydrogen (secondary N) is 2. The van der Waals surface area contributed by atoms with E-state index >= 15 is 0 Å². The summed E-state index contributed by atoms with van der Waals surface area (Å²) in [7, 11) is 0. The second-order valence-corrected chi connectivity index (χ2v) is 5.48. The minimum atomic E-state index is -1.42. The number of hydrogen-bond acceptors (Lipinski definition) is 4. The Morgan fingerprint density at radius 2 is 1.73 bits per heavy atom. The molecule has 0 radical (unpaired) electrons. The van der Waals surface area contributed by atoms with Crippen molar-refractivity contribution in [2.45, 2.75) is 26.4 Å². The van der Waals surface area contributed by atoms with Crippen molar-refractivity contribution in [3.8, 4) is 0 Å². The summed E-state index contributed by atoms with van der Waals surface area (Å²) in [5.41, 5.74) is -1.56. The predicted molar refractivity (Wildman–Crippen MR) is 76.0 cm³/mol. The smallest absolute Gasteiger partial charge is 0.407 e. The third-order valence-electron chi connectivity index (χ3n) is 2.38. The SMILES string of the molecule is CC(C)(C)OC(=O)NCCNc1c(F)cc(C(=O)O)cc1F. The van der Waals surface area contributed by atoms with E-state index in [0.717, 1.165) is 12.1 Å². The van der Waals surface area contributed by atoms with Crippen molar-refractivity contribution in [2.75, 3.05) is 18.4 Å². The maximum atomic E-state index is 13.6. The lowest BCUT2D eigenvalue weighted by molar-refractivity contribution is 0.0529. The number of rotatable bonds is 5. The van der Waals surface area contributed by atoms with Crippen LogP contribution in [-0.4, -0.2) is 35.9 Å². The second kappa shape index (κ2) is 7.06. The molecule has 0 aliphatic rings. The first-order valence-corrected chi connectivity index (χ1v) is 6.53. The molecular formula is C14H18F2N2O4. The summed E-state index contributed by atoms with van der Waals surface area (Å²) in [6, 6.07) is 1.43. The molecule has 0 saturated heterocycles. The van der Waals surface area contributed by atoms with Crippen LogP contribution in [0.1, 0.15) is 31.1 Å². The average molecular weight is 316 g/mol. The van der Waals surface area contributed by atoms with Gasteiger partial charge in [0.1, 0.15) is 22.9 Å². The molecule has 0 aliphatic carbocycles. The van der Waals surface area contributed by atoms with E-state index in [1.54, 1.807) is 20.8 Å². The van der Waals surface area contributed by atoms with E-state index in [4.69, 9.17) is 9.84 Å². The van der Waals surface area contributed by atoms with Gasteiger partial charge in [-0.2, -0.15) is 0 Å². The van der Waals surface area contributed by atoms with Crippen LogP contribution in [0.5, 0.6) is 0 Å². The third-order valence-corrected chi connectivity index (χ3v) is 2.38. The van der Waals surface area contributed by atoms with Gasteiger partial charge in [0.25, 0.3) is 0 Å². The highest BCUT2D eigenvalue weighted by atomic mass is 19.1. The molecule has 8 heteroatoms. The van der Waals surface area contributed by atoms with Crippen molar-refractivity contribution in [1.29, 1.82) is 0 Å². The second-order valence-electron chi connectivity index (χ2n) is 5.48. The molecule has 22 heavy (non-hydrogen) atoms. The monoisotopic (exact) mass is 316 g/mol. The number of hydrogen-bond donors (Lipinski definition) is 3. The molecule has 0 fully saturated rings. The molecule has 1 aromatic carbocycles. The number of amides is 1. The number of carbonyl (C=O) groups excluding carboxylic acids is 1. The number of halogens is 2. The Labute approximate surface area is 126 Å². The Bertz CT molecular complexity index is 547. The largest absolute Gasteiger partial charge is 0.478 e. The first-order chi connectivity index (χ1) is 10.1. The summed E-state index contributed by atoms with van der Waals surface area (Å²) in [6.45, 7) is 5.24. The Kier molecular flexibility index (Phi) is 5.67. The fourth-order valence-corrected chi connectivity index (χ4v) is 1.53. The first-order valence-electron chi connectivity index (χ1n) is 6.53. The van der Waals surface area contributed by atoms with E-state index in [1.807, 2.05) is 0 Å². The van der Waals surface area contributed by atoms with E-state index in [2.05, 4.69) is 10.6 Å². The summed E-state index contributed by atoms with van der Waals surface area (Å²) in [6.07, 6.45) is -0.642. The van der Waals surface area contributed by atoms with Gasteiger partial charge < -0.3 is 20.5 Å². The van der Waals surface area contributed by atoms with Gasteiger partial charge in [0.15, 0.2) is 0 Å². The van der Waals surface area contributed by atoms with Gasteiger partial charge >= 0.3 is 12.1 Å². The van der Waals surface area contributed by atoms with Crippen molar-refractivity contribution < 1.29 is 28.2 Å². The lowest BCUT2D eigenvalue weighted by Crippen LogP contribution is -2.35. The predicted octanol–water partition coefficient (Wildman–Crippen LogP) is 2.60. The lowest BCUT2D eigenvalue weighted by atomic mass is 10.2. The molecule has 0 unspecified atom stereocenters. The fraction of sp³-hybridized carbons (Fsp3) is 0.429. The average Bonchev–Trinajstić information content (AvgIpc) is 2.34. The highest BCUT2D eigenvalue weighted by molar-refractivity contribution is 5.88. The number of carbonyl (C=O) groups is 2. The van der Waals surface area contributed by atoms with Crippen molar-refractivity contribution in [1.82, 2.24) is 5.32 Å². The van der Waals surface area contributed by atoms with Crippen LogP contribution in [0.3, 0.4) is 0 Å². The zero-order chi connectivity index (χ0) is 16.9. The normalized spacial score (nSPS) is 11.0. The highest BCUT2D eigenvalue weighted by Crippen LogP contribution is 2.20. The van der Waals surface area contributed by atoms with Crippen LogP contribution in [0.2, 0.25) is 0 Å². The van der Waals surface area contributed by atoms with Crippen LogP contribution in [0.15, 0.2) is 12.1 Å². The van der Waals surface area contributed by atoms with Gasteiger partial charge in [-0.3, -0.25) is 0 Å². The van der Waals surface area contributed by atoms with Crippen molar-refractivity contribution >= 4 is 17.7 Å². The van der Waals surface area contributed by atoms with Crippen molar-refractivity contribution in [2.24, 2.45) is 0 Å². The van der Waals surface area contributed by atoms with Gasteiger partial charge in [-0.1, -0.05) is 0 Å². The van der Waals surface area contributed by atoms with E-state index in [0.29, 0.717) is 0 Å². The Morgan fingerprint density at radius 3 is 2.18 bits per heavy atom. The zero-order valence-electron chi connectivity index (χ0n) is 12.5. The molecule has 1 amide bonds. The number of ether oxygens (including phenoxy) is 1. The molecule has 0 heterocycles. The molecule has 0 bridgehead atoms. The van der Waals surface area contributed by atoms with Crippen molar-refractivity contribution in [3.05, 3.63) is 29.3 Å². The number of carboxylic acid groups (broad SMARTS) is 1. The number of benzene rings is 1. The van der Waals surface area contributed by atoms with E-state index < -0.39 is 40.5 Å².